The number of rotatable bonds is 5. The molecule has 0 spiro atoms. The van der Waals surface area contributed by atoms with Crippen LogP contribution in [-0.2, 0) is 13.1 Å². The Morgan fingerprint density at radius 1 is 1.11 bits per heavy atom. The first kappa shape index (κ1) is 17.1. The fraction of sp³-hybridized carbons (Fsp3) is 0.263. The van der Waals surface area contributed by atoms with Crippen LogP contribution in [0.3, 0.4) is 0 Å². The van der Waals surface area contributed by atoms with Crippen molar-refractivity contribution >= 4 is 17.7 Å². The summed E-state index contributed by atoms with van der Waals surface area (Å²) < 4.78 is 15.0. The lowest BCUT2D eigenvalue weighted by Gasteiger charge is -2.17. The largest absolute Gasteiger partial charge is 0.333 e. The molecule has 3 amide bonds. The Bertz CT molecular complexity index is 960. The standard InChI is InChI=1S/C19H17FN4O3/c1-2-22-11-13-8-21-24(16(13)19(22)27)10-12(7-20)9-23-17(25)14-5-3-4-6-15(14)18(23)26/h3-8H,2,9-11H2,1H3. The van der Waals surface area contributed by atoms with Crippen LogP contribution in [0.25, 0.3) is 0 Å². The average molecular weight is 368 g/mol. The minimum absolute atomic E-state index is 0.0114. The predicted molar refractivity (Wildman–Crippen MR) is 93.6 cm³/mol. The first-order valence-corrected chi connectivity index (χ1v) is 8.62. The van der Waals surface area contributed by atoms with Gasteiger partial charge in [0, 0.05) is 18.7 Å². The van der Waals surface area contributed by atoms with Crippen molar-refractivity contribution in [3.63, 3.8) is 0 Å². The van der Waals surface area contributed by atoms with Crippen molar-refractivity contribution in [2.75, 3.05) is 13.1 Å². The molecule has 1 aromatic heterocycles. The molecule has 2 aromatic rings. The van der Waals surface area contributed by atoms with E-state index in [1.807, 2.05) is 6.92 Å². The third kappa shape index (κ3) is 2.64. The van der Waals surface area contributed by atoms with Crippen molar-refractivity contribution in [2.24, 2.45) is 0 Å². The lowest BCUT2D eigenvalue weighted by molar-refractivity contribution is 0.0663. The van der Waals surface area contributed by atoms with Gasteiger partial charge in [-0.3, -0.25) is 24.0 Å². The highest BCUT2D eigenvalue weighted by atomic mass is 19.1. The molecule has 3 heterocycles. The summed E-state index contributed by atoms with van der Waals surface area (Å²) in [6.45, 7) is 2.74. The molecular weight excluding hydrogens is 351 g/mol. The summed E-state index contributed by atoms with van der Waals surface area (Å²) in [6, 6.07) is 6.51. The molecule has 0 bridgehead atoms. The van der Waals surface area contributed by atoms with Crippen LogP contribution in [0.15, 0.2) is 42.4 Å². The molecule has 0 fully saturated rings. The maximum absolute atomic E-state index is 13.5. The molecule has 0 unspecified atom stereocenters. The van der Waals surface area contributed by atoms with Gasteiger partial charge in [-0.15, -0.1) is 0 Å². The summed E-state index contributed by atoms with van der Waals surface area (Å²) >= 11 is 0. The van der Waals surface area contributed by atoms with Crippen LogP contribution in [0, 0.1) is 0 Å². The number of benzene rings is 1. The van der Waals surface area contributed by atoms with E-state index in [1.165, 1.54) is 4.68 Å². The minimum Gasteiger partial charge on any atom is -0.333 e. The van der Waals surface area contributed by atoms with Gasteiger partial charge in [-0.05, 0) is 24.6 Å². The Hall–Kier alpha value is -3.29. The van der Waals surface area contributed by atoms with Gasteiger partial charge in [0.05, 0.1) is 36.7 Å². The molecule has 1 aromatic carbocycles. The number of imide groups is 1. The summed E-state index contributed by atoms with van der Waals surface area (Å²) in [4.78, 5) is 40.0. The molecule has 0 aliphatic carbocycles. The number of aromatic nitrogens is 2. The van der Waals surface area contributed by atoms with Crippen LogP contribution in [0.4, 0.5) is 4.39 Å². The number of nitrogens with zero attached hydrogens (tertiary/aromatic N) is 4. The Balaban J connectivity index is 1.54. The van der Waals surface area contributed by atoms with Gasteiger partial charge in [0.25, 0.3) is 17.7 Å². The number of hydrogen-bond acceptors (Lipinski definition) is 4. The lowest BCUT2D eigenvalue weighted by atomic mass is 10.1. The zero-order valence-electron chi connectivity index (χ0n) is 14.7. The zero-order chi connectivity index (χ0) is 19.1. The van der Waals surface area contributed by atoms with E-state index in [1.54, 1.807) is 35.4 Å². The molecule has 0 saturated carbocycles. The molecule has 2 aliphatic rings. The van der Waals surface area contributed by atoms with Gasteiger partial charge in [0.1, 0.15) is 5.69 Å². The maximum Gasteiger partial charge on any atom is 0.272 e. The number of amides is 3. The highest BCUT2D eigenvalue weighted by Crippen LogP contribution is 2.25. The number of carbonyl (C=O) groups is 3. The molecule has 0 radical (unpaired) electrons. The molecule has 0 saturated heterocycles. The summed E-state index contributed by atoms with van der Waals surface area (Å²) in [7, 11) is 0. The van der Waals surface area contributed by atoms with Crippen molar-refractivity contribution in [3.8, 4) is 0 Å². The van der Waals surface area contributed by atoms with Crippen LogP contribution in [-0.4, -0.2) is 50.4 Å². The Kier molecular flexibility index (Phi) is 4.10. The van der Waals surface area contributed by atoms with E-state index < -0.39 is 11.8 Å². The van der Waals surface area contributed by atoms with E-state index in [9.17, 15) is 18.8 Å². The van der Waals surface area contributed by atoms with Crippen LogP contribution in [0.5, 0.6) is 0 Å². The second-order valence-corrected chi connectivity index (χ2v) is 6.50. The molecule has 0 N–H and O–H groups in total. The fourth-order valence-electron chi connectivity index (χ4n) is 3.49. The van der Waals surface area contributed by atoms with Crippen LogP contribution in [0.2, 0.25) is 0 Å². The summed E-state index contributed by atoms with van der Waals surface area (Å²) in [5.41, 5.74) is 2.03. The molecule has 7 nitrogen and oxygen atoms in total. The van der Waals surface area contributed by atoms with Crippen molar-refractivity contribution in [2.45, 2.75) is 20.0 Å². The minimum atomic E-state index is -0.450. The van der Waals surface area contributed by atoms with E-state index in [2.05, 4.69) is 5.10 Å². The molecular formula is C19H17FN4O3. The molecule has 27 heavy (non-hydrogen) atoms. The smallest absolute Gasteiger partial charge is 0.272 e. The topological polar surface area (TPSA) is 75.5 Å². The summed E-state index contributed by atoms with van der Waals surface area (Å²) in [5, 5.41) is 4.17. The van der Waals surface area contributed by atoms with Crippen LogP contribution >= 0.6 is 0 Å². The highest BCUT2D eigenvalue weighted by molar-refractivity contribution is 6.21. The van der Waals surface area contributed by atoms with Crippen molar-refractivity contribution < 1.29 is 18.8 Å². The van der Waals surface area contributed by atoms with Gasteiger partial charge in [-0.2, -0.15) is 5.10 Å². The van der Waals surface area contributed by atoms with Crippen molar-refractivity contribution in [1.82, 2.24) is 19.6 Å². The van der Waals surface area contributed by atoms with Crippen LogP contribution in [0.1, 0.15) is 43.7 Å². The third-order valence-corrected chi connectivity index (χ3v) is 4.89. The third-order valence-electron chi connectivity index (χ3n) is 4.89. The first-order chi connectivity index (χ1) is 13.0. The summed E-state index contributed by atoms with van der Waals surface area (Å²) in [5.74, 6) is -1.05. The second-order valence-electron chi connectivity index (χ2n) is 6.50. The van der Waals surface area contributed by atoms with Crippen LogP contribution < -0.4 is 0 Å². The number of halogens is 1. The molecule has 0 atom stereocenters. The Labute approximate surface area is 154 Å². The summed E-state index contributed by atoms with van der Waals surface area (Å²) in [6.07, 6.45) is 1.97. The molecule has 4 rings (SSSR count). The SMILES string of the molecule is CCN1Cc2cnn(CC(=CF)CN3C(=O)c4ccccc4C3=O)c2C1=O. The lowest BCUT2D eigenvalue weighted by Crippen LogP contribution is -2.33. The molecule has 2 aliphatic heterocycles. The second kappa shape index (κ2) is 6.46. The molecule has 8 heteroatoms. The van der Waals surface area contributed by atoms with Gasteiger partial charge in [-0.25, -0.2) is 4.39 Å². The predicted octanol–water partition coefficient (Wildman–Crippen LogP) is 2.01. The molecule has 138 valence electrons. The average Bonchev–Trinajstić information content (AvgIpc) is 3.30. The van der Waals surface area contributed by atoms with E-state index in [0.29, 0.717) is 36.2 Å². The van der Waals surface area contributed by atoms with Gasteiger partial charge in [-0.1, -0.05) is 12.1 Å². The normalized spacial score (nSPS) is 16.4. The number of carbonyl (C=O) groups excluding carboxylic acids is 3. The van der Waals surface area contributed by atoms with Gasteiger partial charge >= 0.3 is 0 Å². The van der Waals surface area contributed by atoms with E-state index in [4.69, 9.17) is 0 Å². The van der Waals surface area contributed by atoms with Crippen molar-refractivity contribution in [3.05, 3.63) is 64.7 Å². The number of hydrogen-bond donors (Lipinski definition) is 0. The quantitative estimate of drug-likeness (QED) is 0.757. The van der Waals surface area contributed by atoms with E-state index >= 15 is 0 Å². The maximum atomic E-state index is 13.5. The van der Waals surface area contributed by atoms with E-state index in [-0.39, 0.29) is 24.6 Å². The fourth-order valence-corrected chi connectivity index (χ4v) is 3.49. The van der Waals surface area contributed by atoms with Gasteiger partial charge < -0.3 is 4.90 Å². The van der Waals surface area contributed by atoms with E-state index in [0.717, 1.165) is 10.5 Å². The first-order valence-electron chi connectivity index (χ1n) is 8.62. The van der Waals surface area contributed by atoms with Crippen molar-refractivity contribution in [1.29, 1.82) is 0 Å². The monoisotopic (exact) mass is 368 g/mol. The highest BCUT2D eigenvalue weighted by Gasteiger charge is 2.36. The number of fused-ring (bicyclic) bond motifs is 2. The van der Waals surface area contributed by atoms with Gasteiger partial charge in [0.15, 0.2) is 0 Å². The Morgan fingerprint density at radius 2 is 1.78 bits per heavy atom. The Morgan fingerprint density at radius 3 is 2.37 bits per heavy atom. The van der Waals surface area contributed by atoms with Gasteiger partial charge in [0.2, 0.25) is 0 Å². The zero-order valence-corrected chi connectivity index (χ0v) is 14.7.